The molecule has 2 heterocycles. The number of hydrogen-bond acceptors (Lipinski definition) is 3. The number of para-hydroxylation sites is 1. The number of carbonyl (C=O) groups is 2. The summed E-state index contributed by atoms with van der Waals surface area (Å²) in [7, 11) is 0. The molecule has 0 spiro atoms. The number of nitrogens with zero attached hydrogens (tertiary/aromatic N) is 2. The molecule has 0 bridgehead atoms. The van der Waals surface area contributed by atoms with Crippen molar-refractivity contribution >= 4 is 33.4 Å². The maximum absolute atomic E-state index is 12.6. The number of piperidine rings is 1. The average Bonchev–Trinajstić information content (AvgIpc) is 2.65. The molecular weight excluding hydrogens is 398 g/mol. The Kier molecular flexibility index (Phi) is 5.88. The molecule has 1 aromatic carbocycles. The molecule has 3 rings (SSSR count). The molecule has 1 unspecified atom stereocenters. The van der Waals surface area contributed by atoms with Crippen molar-refractivity contribution in [1.29, 1.82) is 0 Å². The summed E-state index contributed by atoms with van der Waals surface area (Å²) in [5.74, 6) is -0.470. The monoisotopic (exact) mass is 417 g/mol. The fourth-order valence-corrected chi connectivity index (χ4v) is 3.43. The number of aromatic nitrogens is 1. The van der Waals surface area contributed by atoms with Crippen molar-refractivity contribution in [3.63, 3.8) is 0 Å². The number of hydrogen-bond donors (Lipinski definition) is 1. The van der Waals surface area contributed by atoms with Crippen molar-refractivity contribution in [2.24, 2.45) is 5.92 Å². The van der Waals surface area contributed by atoms with Gasteiger partial charge in [0.05, 0.1) is 5.92 Å². The Morgan fingerprint density at radius 2 is 1.92 bits per heavy atom. The van der Waals surface area contributed by atoms with Crippen LogP contribution in [0.15, 0.2) is 57.9 Å². The third kappa shape index (κ3) is 4.60. The lowest BCUT2D eigenvalue weighted by atomic mass is 9.97. The summed E-state index contributed by atoms with van der Waals surface area (Å²) >= 11 is 3.30. The van der Waals surface area contributed by atoms with E-state index in [4.69, 9.17) is 0 Å². The number of anilines is 1. The van der Waals surface area contributed by atoms with Crippen molar-refractivity contribution in [2.75, 3.05) is 18.4 Å². The molecule has 136 valence electrons. The highest BCUT2D eigenvalue weighted by Crippen LogP contribution is 2.19. The Bertz CT molecular complexity index is 851. The zero-order valence-electron chi connectivity index (χ0n) is 14.2. The van der Waals surface area contributed by atoms with Gasteiger partial charge in [-0.25, -0.2) is 0 Å². The van der Waals surface area contributed by atoms with E-state index in [9.17, 15) is 14.4 Å². The summed E-state index contributed by atoms with van der Waals surface area (Å²) in [5, 5.41) is 2.90. The summed E-state index contributed by atoms with van der Waals surface area (Å²) in [6, 6.07) is 12.4. The predicted octanol–water partition coefficient (Wildman–Crippen LogP) is 2.49. The minimum atomic E-state index is -0.243. The van der Waals surface area contributed by atoms with Crippen LogP contribution in [-0.4, -0.2) is 34.4 Å². The first-order valence-electron chi connectivity index (χ1n) is 8.52. The third-order valence-electron chi connectivity index (χ3n) is 4.44. The van der Waals surface area contributed by atoms with Gasteiger partial charge in [-0.15, -0.1) is 0 Å². The van der Waals surface area contributed by atoms with Gasteiger partial charge in [0.25, 0.3) is 5.56 Å². The number of rotatable bonds is 4. The first-order chi connectivity index (χ1) is 12.5. The van der Waals surface area contributed by atoms with Gasteiger partial charge >= 0.3 is 0 Å². The second-order valence-corrected chi connectivity index (χ2v) is 7.26. The average molecular weight is 418 g/mol. The van der Waals surface area contributed by atoms with E-state index in [1.165, 1.54) is 10.6 Å². The van der Waals surface area contributed by atoms with E-state index < -0.39 is 0 Å². The molecule has 26 heavy (non-hydrogen) atoms. The quantitative estimate of drug-likeness (QED) is 0.830. The van der Waals surface area contributed by atoms with Crippen molar-refractivity contribution in [3.05, 3.63) is 63.5 Å². The van der Waals surface area contributed by atoms with Crippen molar-refractivity contribution in [2.45, 2.75) is 19.4 Å². The van der Waals surface area contributed by atoms with E-state index in [2.05, 4.69) is 21.2 Å². The second-order valence-electron chi connectivity index (χ2n) is 6.35. The number of amides is 2. The Balaban J connectivity index is 1.62. The summed E-state index contributed by atoms with van der Waals surface area (Å²) in [6.45, 7) is 0.961. The van der Waals surface area contributed by atoms with Gasteiger partial charge in [0.15, 0.2) is 0 Å². The van der Waals surface area contributed by atoms with E-state index in [-0.39, 0.29) is 29.8 Å². The van der Waals surface area contributed by atoms with Crippen LogP contribution in [0.25, 0.3) is 0 Å². The number of pyridine rings is 1. The smallest absolute Gasteiger partial charge is 0.251 e. The van der Waals surface area contributed by atoms with Crippen molar-refractivity contribution in [3.8, 4) is 0 Å². The number of nitrogens with one attached hydrogen (secondary N) is 1. The molecule has 0 radical (unpaired) electrons. The predicted molar refractivity (Wildman–Crippen MR) is 103 cm³/mol. The van der Waals surface area contributed by atoms with Crippen LogP contribution in [-0.2, 0) is 16.1 Å². The zero-order chi connectivity index (χ0) is 18.5. The lowest BCUT2D eigenvalue weighted by Gasteiger charge is -2.32. The van der Waals surface area contributed by atoms with Gasteiger partial charge in [0.1, 0.15) is 6.54 Å². The SMILES string of the molecule is O=C(Nc1ccccc1)C1CCCN(C(=O)Cn2cc(Br)ccc2=O)C1. The van der Waals surface area contributed by atoms with Crippen molar-refractivity contribution < 1.29 is 9.59 Å². The molecule has 2 aromatic rings. The Labute approximate surface area is 159 Å². The van der Waals surface area contributed by atoms with Crippen LogP contribution in [0, 0.1) is 5.92 Å². The number of carbonyl (C=O) groups excluding carboxylic acids is 2. The summed E-state index contributed by atoms with van der Waals surface area (Å²) in [4.78, 5) is 38.6. The Morgan fingerprint density at radius 3 is 2.69 bits per heavy atom. The molecule has 1 aliphatic rings. The van der Waals surface area contributed by atoms with E-state index in [1.54, 1.807) is 17.2 Å². The Morgan fingerprint density at radius 1 is 1.15 bits per heavy atom. The molecule has 1 aromatic heterocycles. The minimum absolute atomic E-state index is 0.0225. The van der Waals surface area contributed by atoms with Gasteiger partial charge in [-0.05, 0) is 47.0 Å². The first-order valence-corrected chi connectivity index (χ1v) is 9.32. The molecular formula is C19H20BrN3O3. The van der Waals surface area contributed by atoms with Crippen molar-refractivity contribution in [1.82, 2.24) is 9.47 Å². The van der Waals surface area contributed by atoms with Gasteiger partial charge in [-0.3, -0.25) is 14.4 Å². The van der Waals surface area contributed by atoms with Crippen LogP contribution in [0.1, 0.15) is 12.8 Å². The number of likely N-dealkylation sites (tertiary alicyclic amines) is 1. The van der Waals surface area contributed by atoms with Crippen LogP contribution < -0.4 is 10.9 Å². The topological polar surface area (TPSA) is 71.4 Å². The molecule has 1 atom stereocenters. The van der Waals surface area contributed by atoms with Gasteiger partial charge in [-0.1, -0.05) is 18.2 Å². The number of benzene rings is 1. The minimum Gasteiger partial charge on any atom is -0.340 e. The molecule has 1 aliphatic heterocycles. The van der Waals surface area contributed by atoms with Gasteiger partial charge < -0.3 is 14.8 Å². The lowest BCUT2D eigenvalue weighted by Crippen LogP contribution is -2.45. The van der Waals surface area contributed by atoms with Crippen LogP contribution in [0.2, 0.25) is 0 Å². The van der Waals surface area contributed by atoms with E-state index in [0.29, 0.717) is 13.1 Å². The summed E-state index contributed by atoms with van der Waals surface area (Å²) in [6.07, 6.45) is 3.12. The largest absolute Gasteiger partial charge is 0.340 e. The maximum Gasteiger partial charge on any atom is 0.251 e. The molecule has 0 aliphatic carbocycles. The van der Waals surface area contributed by atoms with E-state index in [1.807, 2.05) is 30.3 Å². The Hall–Kier alpha value is -2.41. The normalized spacial score (nSPS) is 17.0. The molecule has 0 saturated carbocycles. The fourth-order valence-electron chi connectivity index (χ4n) is 3.05. The van der Waals surface area contributed by atoms with E-state index >= 15 is 0 Å². The van der Waals surface area contributed by atoms with Crippen LogP contribution in [0.3, 0.4) is 0 Å². The van der Waals surface area contributed by atoms with Crippen LogP contribution in [0.4, 0.5) is 5.69 Å². The molecule has 2 amide bonds. The van der Waals surface area contributed by atoms with E-state index in [0.717, 1.165) is 23.0 Å². The summed E-state index contributed by atoms with van der Waals surface area (Å²) < 4.78 is 2.11. The molecule has 1 saturated heterocycles. The zero-order valence-corrected chi connectivity index (χ0v) is 15.8. The van der Waals surface area contributed by atoms with Gasteiger partial charge in [0.2, 0.25) is 11.8 Å². The highest BCUT2D eigenvalue weighted by atomic mass is 79.9. The first kappa shape index (κ1) is 18.4. The molecule has 1 N–H and O–H groups in total. The highest BCUT2D eigenvalue weighted by molar-refractivity contribution is 9.10. The molecule has 6 nitrogen and oxygen atoms in total. The lowest BCUT2D eigenvalue weighted by molar-refractivity contribution is -0.135. The maximum atomic E-state index is 12.6. The summed E-state index contributed by atoms with van der Waals surface area (Å²) in [5.41, 5.74) is 0.526. The number of halogens is 1. The molecule has 7 heteroatoms. The second kappa shape index (κ2) is 8.31. The van der Waals surface area contributed by atoms with Gasteiger partial charge in [0, 0.05) is 35.5 Å². The highest BCUT2D eigenvalue weighted by Gasteiger charge is 2.28. The standard InChI is InChI=1S/C19H20BrN3O3/c20-15-8-9-17(24)23(12-15)13-18(25)22-10-4-5-14(11-22)19(26)21-16-6-2-1-3-7-16/h1-3,6-9,12,14H,4-5,10-11,13H2,(H,21,26). The van der Waals surface area contributed by atoms with Crippen LogP contribution in [0.5, 0.6) is 0 Å². The van der Waals surface area contributed by atoms with Gasteiger partial charge in [-0.2, -0.15) is 0 Å². The molecule has 1 fully saturated rings. The fraction of sp³-hybridized carbons (Fsp3) is 0.316. The van der Waals surface area contributed by atoms with Crippen LogP contribution >= 0.6 is 15.9 Å². The third-order valence-corrected chi connectivity index (χ3v) is 4.91.